The van der Waals surface area contributed by atoms with Gasteiger partial charge in [0.15, 0.2) is 11.4 Å². The minimum absolute atomic E-state index is 0.261. The first-order valence-corrected chi connectivity index (χ1v) is 17.8. The minimum atomic E-state index is -0.751. The molecule has 12 heteroatoms. The number of aromatic nitrogens is 3. The molecule has 3 N–H and O–H groups in total. The highest BCUT2D eigenvalue weighted by atomic mass is 35.5. The van der Waals surface area contributed by atoms with Gasteiger partial charge >= 0.3 is 5.97 Å². The minimum Gasteiger partial charge on any atom is -0.481 e. The van der Waals surface area contributed by atoms with Crippen LogP contribution in [-0.2, 0) is 17.9 Å². The Hall–Kier alpha value is -4.58. The van der Waals surface area contributed by atoms with E-state index in [9.17, 15) is 15.0 Å². The number of carboxylic acids is 1. The van der Waals surface area contributed by atoms with E-state index in [-0.39, 0.29) is 12.0 Å². The van der Waals surface area contributed by atoms with Gasteiger partial charge in [-0.15, -0.1) is 0 Å². The molecule has 10 nitrogen and oxygen atoms in total. The van der Waals surface area contributed by atoms with E-state index in [4.69, 9.17) is 37.6 Å². The van der Waals surface area contributed by atoms with Gasteiger partial charge in [-0.1, -0.05) is 47.5 Å². The molecular formula is C39H36Cl2N6O4. The third-order valence-corrected chi connectivity index (χ3v) is 10.6. The zero-order valence-corrected chi connectivity index (χ0v) is 29.5. The monoisotopic (exact) mass is 722 g/mol. The summed E-state index contributed by atoms with van der Waals surface area (Å²) in [7, 11) is 0. The molecule has 3 aromatic heterocycles. The summed E-state index contributed by atoms with van der Waals surface area (Å²) in [5.41, 5.74) is 8.17. The zero-order chi connectivity index (χ0) is 35.2. The molecule has 51 heavy (non-hydrogen) atoms. The summed E-state index contributed by atoms with van der Waals surface area (Å²) in [6.45, 7) is 6.15. The van der Waals surface area contributed by atoms with Crippen molar-refractivity contribution in [1.82, 2.24) is 24.8 Å². The van der Waals surface area contributed by atoms with Crippen LogP contribution in [0.3, 0.4) is 0 Å². The van der Waals surface area contributed by atoms with E-state index in [1.54, 1.807) is 6.20 Å². The van der Waals surface area contributed by atoms with Crippen molar-refractivity contribution in [1.29, 1.82) is 0 Å². The van der Waals surface area contributed by atoms with Gasteiger partial charge in [-0.05, 0) is 85.0 Å². The van der Waals surface area contributed by atoms with Crippen molar-refractivity contribution >= 4 is 62.7 Å². The molecule has 2 fully saturated rings. The predicted molar refractivity (Wildman–Crippen MR) is 199 cm³/mol. The zero-order valence-electron chi connectivity index (χ0n) is 27.9. The number of β-amino-alcohol motifs (C(OH)–C–C–N with tert-alkyl or cyclic N) is 1. The second-order valence-corrected chi connectivity index (χ2v) is 14.3. The van der Waals surface area contributed by atoms with Gasteiger partial charge in [0.05, 0.1) is 27.8 Å². The van der Waals surface area contributed by atoms with E-state index in [0.717, 1.165) is 70.3 Å². The Labute approximate surface area is 304 Å². The van der Waals surface area contributed by atoms with Crippen LogP contribution in [0.4, 0.5) is 11.5 Å². The van der Waals surface area contributed by atoms with Crippen LogP contribution >= 0.6 is 23.2 Å². The van der Waals surface area contributed by atoms with Crippen LogP contribution in [0, 0.1) is 12.8 Å². The number of anilines is 2. The molecule has 8 rings (SSSR count). The number of rotatable bonds is 9. The summed E-state index contributed by atoms with van der Waals surface area (Å²) in [5, 5.41) is 24.7. The number of carboxylic acid groups (broad SMARTS) is 1. The number of aliphatic hydroxyl groups is 1. The van der Waals surface area contributed by atoms with Crippen LogP contribution < -0.4 is 5.32 Å². The maximum absolute atomic E-state index is 11.4. The summed E-state index contributed by atoms with van der Waals surface area (Å²) < 4.78 is 6.25. The number of aliphatic hydroxyl groups excluding tert-OH is 1. The Bertz CT molecular complexity index is 2290. The van der Waals surface area contributed by atoms with E-state index >= 15 is 0 Å². The number of hydrogen-bond donors (Lipinski definition) is 3. The molecule has 0 bridgehead atoms. The Morgan fingerprint density at radius 3 is 2.51 bits per heavy atom. The number of pyridine rings is 2. The van der Waals surface area contributed by atoms with Gasteiger partial charge in [0.1, 0.15) is 11.0 Å². The van der Waals surface area contributed by atoms with E-state index in [1.165, 1.54) is 0 Å². The lowest BCUT2D eigenvalue weighted by molar-refractivity contribution is -0.141. The van der Waals surface area contributed by atoms with Crippen LogP contribution in [0.2, 0.25) is 10.0 Å². The molecule has 0 saturated carbocycles. The molecule has 0 radical (unpaired) electrons. The molecule has 0 aliphatic carbocycles. The lowest BCUT2D eigenvalue weighted by Crippen LogP contribution is -2.22. The van der Waals surface area contributed by atoms with Crippen molar-refractivity contribution in [3.05, 3.63) is 99.8 Å². The van der Waals surface area contributed by atoms with Crippen molar-refractivity contribution in [3.8, 4) is 22.6 Å². The van der Waals surface area contributed by atoms with Crippen LogP contribution in [0.25, 0.3) is 44.6 Å². The first kappa shape index (κ1) is 33.6. The van der Waals surface area contributed by atoms with E-state index < -0.39 is 5.97 Å². The molecule has 5 heterocycles. The number of benzene rings is 3. The van der Waals surface area contributed by atoms with Crippen LogP contribution in [0.15, 0.2) is 77.5 Å². The Kier molecular flexibility index (Phi) is 9.12. The third kappa shape index (κ3) is 6.78. The van der Waals surface area contributed by atoms with E-state index in [0.29, 0.717) is 64.6 Å². The fourth-order valence-electron chi connectivity index (χ4n) is 7.31. The smallest absolute Gasteiger partial charge is 0.307 e. The van der Waals surface area contributed by atoms with Gasteiger partial charge in [-0.3, -0.25) is 19.6 Å². The van der Waals surface area contributed by atoms with Gasteiger partial charge < -0.3 is 19.9 Å². The number of likely N-dealkylation sites (tertiary alicyclic amines) is 2. The molecular weight excluding hydrogens is 687 g/mol. The average Bonchev–Trinajstić information content (AvgIpc) is 3.86. The fourth-order valence-corrected chi connectivity index (χ4v) is 7.86. The van der Waals surface area contributed by atoms with E-state index in [2.05, 4.69) is 26.2 Å². The Morgan fingerprint density at radius 1 is 0.941 bits per heavy atom. The number of nitrogens with zero attached hydrogens (tertiary/aromatic N) is 5. The number of oxazole rings is 1. The molecule has 0 unspecified atom stereocenters. The SMILES string of the molecule is Cc1c(-c2nc3cc(CN4CC[C@H](C(=O)O)C4)cc(Cl)c3o2)cccc1-c1cccc(Nc2nccc3cc(CN4CC[C@@H](O)C4)cnc23)c1Cl. The number of fused-ring (bicyclic) bond motifs is 2. The fraction of sp³-hybridized carbons (Fsp3) is 0.282. The molecule has 260 valence electrons. The Balaban J connectivity index is 1.05. The second kappa shape index (κ2) is 13.9. The summed E-state index contributed by atoms with van der Waals surface area (Å²) >= 11 is 13.8. The van der Waals surface area contributed by atoms with Gasteiger partial charge in [-0.25, -0.2) is 9.97 Å². The number of halogens is 2. The standard InChI is InChI=1S/C39H36Cl2N6O4/c1-22-28(4-2-5-29(22)38-45-33-16-23(15-31(40)36(33)51-38)18-46-12-9-26(20-46)39(49)50)30-6-3-7-32(34(30)41)44-37-35-25(8-11-42-37)14-24(17-43-35)19-47-13-10-27(48)21-47/h2-8,11,14-17,26-27,48H,9-10,12-13,18-21H2,1H3,(H,42,44)(H,49,50)/t26-,27+/m0/s1. The highest BCUT2D eigenvalue weighted by Crippen LogP contribution is 2.40. The Morgan fingerprint density at radius 2 is 1.71 bits per heavy atom. The molecule has 6 aromatic rings. The molecule has 2 saturated heterocycles. The predicted octanol–water partition coefficient (Wildman–Crippen LogP) is 7.94. The summed E-state index contributed by atoms with van der Waals surface area (Å²) in [4.78, 5) is 30.0. The topological polar surface area (TPSA) is 128 Å². The first-order chi connectivity index (χ1) is 24.7. The number of carbonyl (C=O) groups is 1. The number of nitrogens with one attached hydrogen (secondary N) is 1. The molecule has 3 aromatic carbocycles. The third-order valence-electron chi connectivity index (χ3n) is 9.95. The molecule has 2 aliphatic rings. The highest BCUT2D eigenvalue weighted by molar-refractivity contribution is 6.36. The highest BCUT2D eigenvalue weighted by Gasteiger charge is 2.28. The largest absolute Gasteiger partial charge is 0.481 e. The van der Waals surface area contributed by atoms with Crippen molar-refractivity contribution in [2.45, 2.75) is 39.0 Å². The van der Waals surface area contributed by atoms with Gasteiger partial charge in [0.25, 0.3) is 0 Å². The van der Waals surface area contributed by atoms with Crippen LogP contribution in [0.5, 0.6) is 0 Å². The van der Waals surface area contributed by atoms with Crippen LogP contribution in [0.1, 0.15) is 29.5 Å². The van der Waals surface area contributed by atoms with Crippen molar-refractivity contribution in [2.75, 3.05) is 31.5 Å². The summed E-state index contributed by atoms with van der Waals surface area (Å²) in [6.07, 6.45) is 4.81. The molecule has 2 atom stereocenters. The van der Waals surface area contributed by atoms with Crippen molar-refractivity contribution in [3.63, 3.8) is 0 Å². The van der Waals surface area contributed by atoms with Crippen LogP contribution in [-0.4, -0.2) is 73.2 Å². The van der Waals surface area contributed by atoms with E-state index in [1.807, 2.05) is 67.7 Å². The van der Waals surface area contributed by atoms with Gasteiger partial charge in [0.2, 0.25) is 5.89 Å². The molecule has 0 spiro atoms. The maximum Gasteiger partial charge on any atom is 0.307 e. The van der Waals surface area contributed by atoms with Gasteiger partial charge in [-0.2, -0.15) is 0 Å². The summed E-state index contributed by atoms with van der Waals surface area (Å²) in [6, 6.07) is 19.7. The lowest BCUT2D eigenvalue weighted by atomic mass is 9.96. The molecule has 0 amide bonds. The molecule has 2 aliphatic heterocycles. The normalized spacial score (nSPS) is 18.3. The maximum atomic E-state index is 11.4. The first-order valence-electron chi connectivity index (χ1n) is 17.0. The number of aliphatic carboxylic acids is 1. The second-order valence-electron chi connectivity index (χ2n) is 13.5. The quantitative estimate of drug-likeness (QED) is 0.135. The van der Waals surface area contributed by atoms with Crippen molar-refractivity contribution < 1.29 is 19.4 Å². The van der Waals surface area contributed by atoms with Crippen molar-refractivity contribution in [2.24, 2.45) is 5.92 Å². The van der Waals surface area contributed by atoms with Gasteiger partial charge in [0, 0.05) is 61.6 Å². The summed E-state index contributed by atoms with van der Waals surface area (Å²) in [5.74, 6) is -0.0363. The lowest BCUT2D eigenvalue weighted by Gasteiger charge is -2.16. The number of hydrogen-bond acceptors (Lipinski definition) is 9. The average molecular weight is 724 g/mol.